The summed E-state index contributed by atoms with van der Waals surface area (Å²) < 4.78 is 20.0. The number of nitrogen functional groups attached to an aromatic ring is 1. The highest BCUT2D eigenvalue weighted by atomic mass is 19.1. The molecule has 3 heterocycles. The summed E-state index contributed by atoms with van der Waals surface area (Å²) in [7, 11) is 0. The molecule has 7 nitrogen and oxygen atoms in total. The summed E-state index contributed by atoms with van der Waals surface area (Å²) in [6.45, 7) is 0.506. The van der Waals surface area contributed by atoms with Gasteiger partial charge in [-0.25, -0.2) is 14.0 Å². The summed E-state index contributed by atoms with van der Waals surface area (Å²) in [6, 6.07) is 8.21. The van der Waals surface area contributed by atoms with Crippen molar-refractivity contribution >= 4 is 16.9 Å². The Balaban J connectivity index is 1.94. The molecule has 0 radical (unpaired) electrons. The maximum Gasteiger partial charge on any atom is 0.199 e. The van der Waals surface area contributed by atoms with Gasteiger partial charge in [-0.05, 0) is 40.1 Å². The van der Waals surface area contributed by atoms with Crippen molar-refractivity contribution in [1.29, 1.82) is 0 Å². The first-order chi connectivity index (χ1) is 11.2. The van der Waals surface area contributed by atoms with Gasteiger partial charge >= 0.3 is 0 Å². The van der Waals surface area contributed by atoms with E-state index >= 15 is 0 Å². The van der Waals surface area contributed by atoms with Crippen LogP contribution in [0.4, 0.5) is 10.2 Å². The average Bonchev–Trinajstić information content (AvgIpc) is 3.12. The van der Waals surface area contributed by atoms with Gasteiger partial charge in [0.1, 0.15) is 5.82 Å². The van der Waals surface area contributed by atoms with Gasteiger partial charge in [0.25, 0.3) is 0 Å². The van der Waals surface area contributed by atoms with Crippen molar-refractivity contribution in [3.63, 3.8) is 0 Å². The molecule has 0 saturated heterocycles. The van der Waals surface area contributed by atoms with Crippen LogP contribution in [-0.2, 0) is 6.54 Å². The average molecular weight is 310 g/mol. The molecule has 1 aromatic carbocycles. The van der Waals surface area contributed by atoms with Gasteiger partial charge in [-0.1, -0.05) is 0 Å². The Hall–Kier alpha value is -3.29. The minimum atomic E-state index is -0.358. The van der Waals surface area contributed by atoms with Gasteiger partial charge in [0.05, 0.1) is 11.0 Å². The van der Waals surface area contributed by atoms with E-state index in [2.05, 4.69) is 24.9 Å². The number of imidazole rings is 1. The van der Waals surface area contributed by atoms with Crippen molar-refractivity contribution in [3.8, 4) is 11.5 Å². The lowest BCUT2D eigenvalue weighted by Gasteiger charge is -2.07. The first-order valence-electron chi connectivity index (χ1n) is 6.85. The molecular weight excluding hydrogens is 299 g/mol. The van der Waals surface area contributed by atoms with Gasteiger partial charge < -0.3 is 10.3 Å². The van der Waals surface area contributed by atoms with Crippen molar-refractivity contribution in [3.05, 3.63) is 54.1 Å². The van der Waals surface area contributed by atoms with Crippen molar-refractivity contribution < 1.29 is 9.02 Å². The highest BCUT2D eigenvalue weighted by Crippen LogP contribution is 2.27. The van der Waals surface area contributed by atoms with Gasteiger partial charge in [0, 0.05) is 25.0 Å². The molecule has 0 atom stereocenters. The summed E-state index contributed by atoms with van der Waals surface area (Å²) in [4.78, 5) is 8.44. The van der Waals surface area contributed by atoms with Crippen LogP contribution in [0.3, 0.4) is 0 Å². The minimum absolute atomic E-state index is 0.136. The number of rotatable bonds is 3. The Morgan fingerprint density at radius 2 is 1.96 bits per heavy atom. The molecule has 23 heavy (non-hydrogen) atoms. The number of nitrogens with zero attached hydrogens (tertiary/aromatic N) is 5. The normalized spacial score (nSPS) is 11.2. The van der Waals surface area contributed by atoms with Crippen molar-refractivity contribution in [1.82, 2.24) is 24.8 Å². The highest BCUT2D eigenvalue weighted by molar-refractivity contribution is 5.81. The third-order valence-electron chi connectivity index (χ3n) is 3.53. The van der Waals surface area contributed by atoms with Gasteiger partial charge in [-0.2, -0.15) is 0 Å². The zero-order valence-electron chi connectivity index (χ0n) is 11.8. The SMILES string of the molecule is Nc1nonc1-c1nc2cc(F)ccc2n1Cc1ccncc1. The number of halogens is 1. The van der Waals surface area contributed by atoms with E-state index in [-0.39, 0.29) is 11.6 Å². The van der Waals surface area contributed by atoms with E-state index in [0.29, 0.717) is 23.6 Å². The Morgan fingerprint density at radius 1 is 1.13 bits per heavy atom. The molecule has 0 bridgehead atoms. The Kier molecular flexibility index (Phi) is 3.00. The van der Waals surface area contributed by atoms with Crippen molar-refractivity contribution in [2.24, 2.45) is 0 Å². The van der Waals surface area contributed by atoms with Gasteiger partial charge in [-0.15, -0.1) is 0 Å². The fourth-order valence-electron chi connectivity index (χ4n) is 2.47. The molecule has 0 spiro atoms. The lowest BCUT2D eigenvalue weighted by molar-refractivity contribution is 0.310. The molecular formula is C15H11FN6O. The zero-order valence-corrected chi connectivity index (χ0v) is 11.8. The van der Waals surface area contributed by atoms with Crippen LogP contribution < -0.4 is 5.73 Å². The molecule has 0 aliphatic heterocycles. The maximum atomic E-state index is 13.5. The molecule has 4 rings (SSSR count). The second-order valence-corrected chi connectivity index (χ2v) is 5.01. The first-order valence-corrected chi connectivity index (χ1v) is 6.85. The smallest absolute Gasteiger partial charge is 0.199 e. The van der Waals surface area contributed by atoms with Crippen LogP contribution in [0.15, 0.2) is 47.4 Å². The molecule has 114 valence electrons. The number of hydrogen-bond acceptors (Lipinski definition) is 6. The van der Waals surface area contributed by atoms with Crippen molar-refractivity contribution in [2.45, 2.75) is 6.54 Å². The van der Waals surface area contributed by atoms with Crippen molar-refractivity contribution in [2.75, 3.05) is 5.73 Å². The lowest BCUT2D eigenvalue weighted by Crippen LogP contribution is -2.03. The topological polar surface area (TPSA) is 95.6 Å². The molecule has 0 amide bonds. The first kappa shape index (κ1) is 13.4. The summed E-state index contributed by atoms with van der Waals surface area (Å²) in [5.41, 5.74) is 8.40. The van der Waals surface area contributed by atoms with Crippen LogP contribution in [0.25, 0.3) is 22.6 Å². The Bertz CT molecular complexity index is 978. The van der Waals surface area contributed by atoms with Crippen LogP contribution >= 0.6 is 0 Å². The number of fused-ring (bicyclic) bond motifs is 1. The number of benzene rings is 1. The minimum Gasteiger partial charge on any atom is -0.379 e. The van der Waals surface area contributed by atoms with Crippen LogP contribution in [0, 0.1) is 5.82 Å². The summed E-state index contributed by atoms with van der Waals surface area (Å²) >= 11 is 0. The molecule has 2 N–H and O–H groups in total. The maximum absolute atomic E-state index is 13.5. The highest BCUT2D eigenvalue weighted by Gasteiger charge is 2.19. The number of pyridine rings is 1. The summed E-state index contributed by atoms with van der Waals surface area (Å²) in [6.07, 6.45) is 3.42. The van der Waals surface area contributed by atoms with E-state index in [1.807, 2.05) is 16.7 Å². The monoisotopic (exact) mass is 310 g/mol. The van der Waals surface area contributed by atoms with Gasteiger partial charge in [0.2, 0.25) is 0 Å². The van der Waals surface area contributed by atoms with Crippen LogP contribution in [-0.4, -0.2) is 24.8 Å². The molecule has 3 aromatic heterocycles. The van der Waals surface area contributed by atoms with Crippen LogP contribution in [0.2, 0.25) is 0 Å². The van der Waals surface area contributed by atoms with Crippen LogP contribution in [0.5, 0.6) is 0 Å². The predicted molar refractivity (Wildman–Crippen MR) is 80.7 cm³/mol. The number of anilines is 1. The number of nitrogens with two attached hydrogens (primary N) is 1. The molecule has 0 saturated carbocycles. The summed E-state index contributed by atoms with van der Waals surface area (Å²) in [5, 5.41) is 7.39. The van der Waals surface area contributed by atoms with E-state index in [4.69, 9.17) is 5.73 Å². The van der Waals surface area contributed by atoms with E-state index < -0.39 is 0 Å². The molecule has 0 unspecified atom stereocenters. The van der Waals surface area contributed by atoms with Gasteiger partial charge in [0.15, 0.2) is 17.3 Å². The lowest BCUT2D eigenvalue weighted by atomic mass is 10.2. The number of aromatic nitrogens is 5. The fraction of sp³-hybridized carbons (Fsp3) is 0.0667. The van der Waals surface area contributed by atoms with Crippen LogP contribution in [0.1, 0.15) is 5.56 Å². The molecule has 0 aliphatic carbocycles. The fourth-order valence-corrected chi connectivity index (χ4v) is 2.47. The third kappa shape index (κ3) is 2.30. The van der Waals surface area contributed by atoms with E-state index in [1.165, 1.54) is 12.1 Å². The Morgan fingerprint density at radius 3 is 2.70 bits per heavy atom. The largest absolute Gasteiger partial charge is 0.379 e. The molecule has 0 fully saturated rings. The molecule has 8 heteroatoms. The van der Waals surface area contributed by atoms with E-state index in [9.17, 15) is 4.39 Å². The Labute approximate surface area is 129 Å². The quantitative estimate of drug-likeness (QED) is 0.623. The second kappa shape index (κ2) is 5.16. The standard InChI is InChI=1S/C15H11FN6O/c16-10-1-2-12-11(7-10)19-15(13-14(17)21-23-20-13)22(12)8-9-3-5-18-6-4-9/h1-7H,8H2,(H2,17,21). The predicted octanol–water partition coefficient (Wildman–Crippen LogP) is 2.25. The summed E-state index contributed by atoms with van der Waals surface area (Å²) in [5.74, 6) is 0.252. The zero-order chi connectivity index (χ0) is 15.8. The molecule has 4 aromatic rings. The molecule has 0 aliphatic rings. The second-order valence-electron chi connectivity index (χ2n) is 5.01. The third-order valence-corrected chi connectivity index (χ3v) is 3.53. The number of hydrogen-bond donors (Lipinski definition) is 1. The van der Waals surface area contributed by atoms with E-state index in [0.717, 1.165) is 11.1 Å². The van der Waals surface area contributed by atoms with E-state index in [1.54, 1.807) is 18.5 Å². The van der Waals surface area contributed by atoms with Gasteiger partial charge in [-0.3, -0.25) is 4.98 Å².